The number of thioether (sulfide) groups is 2. The van der Waals surface area contributed by atoms with Gasteiger partial charge in [-0.05, 0) is 13.8 Å². The monoisotopic (exact) mass is 301 g/mol. The Morgan fingerprint density at radius 2 is 2.06 bits per heavy atom. The maximum atomic E-state index is 12.3. The fraction of sp³-hybridized carbons (Fsp3) is 0.692. The molecule has 5 heteroatoms. The molecule has 1 aromatic heterocycles. The number of hydrogen-bond acceptors (Lipinski definition) is 5. The van der Waals surface area contributed by atoms with Gasteiger partial charge in [0.05, 0.1) is 17.4 Å². The lowest BCUT2D eigenvalue weighted by molar-refractivity contribution is -0.117. The fourth-order valence-corrected chi connectivity index (χ4v) is 5.66. The van der Waals surface area contributed by atoms with E-state index >= 15 is 0 Å². The highest BCUT2D eigenvalue weighted by molar-refractivity contribution is 8.08. The maximum absolute atomic E-state index is 12.3. The molecule has 1 aromatic rings. The van der Waals surface area contributed by atoms with Gasteiger partial charge >= 0.3 is 0 Å². The molecule has 18 heavy (non-hydrogen) atoms. The SMILES string of the molecule is Cc1nc(CC(=O)C2CSC(C)C(C)S2)sc1C. The molecule has 0 bridgehead atoms. The minimum Gasteiger partial charge on any atom is -0.298 e. The number of rotatable bonds is 3. The van der Waals surface area contributed by atoms with Gasteiger partial charge < -0.3 is 0 Å². The summed E-state index contributed by atoms with van der Waals surface area (Å²) in [5.41, 5.74) is 1.07. The Morgan fingerprint density at radius 3 is 2.61 bits per heavy atom. The second-order valence-corrected chi connectivity index (χ2v) is 9.04. The molecule has 1 aliphatic rings. The van der Waals surface area contributed by atoms with Crippen LogP contribution in [0.1, 0.15) is 29.4 Å². The number of aryl methyl sites for hydroxylation is 2. The van der Waals surface area contributed by atoms with Crippen molar-refractivity contribution in [2.45, 2.75) is 49.9 Å². The summed E-state index contributed by atoms with van der Waals surface area (Å²) in [7, 11) is 0. The number of carbonyl (C=O) groups excluding carboxylic acids is 1. The van der Waals surface area contributed by atoms with Crippen LogP contribution < -0.4 is 0 Å². The highest BCUT2D eigenvalue weighted by atomic mass is 32.2. The number of Topliss-reactive ketones (excluding diaryl/α,β-unsaturated/α-hetero) is 1. The lowest BCUT2D eigenvalue weighted by Gasteiger charge is -2.30. The van der Waals surface area contributed by atoms with Crippen LogP contribution >= 0.6 is 34.9 Å². The second-order valence-electron chi connectivity index (χ2n) is 4.76. The Bertz CT molecular complexity index is 424. The van der Waals surface area contributed by atoms with Gasteiger partial charge in [-0.2, -0.15) is 11.8 Å². The third-order valence-electron chi connectivity index (χ3n) is 3.31. The van der Waals surface area contributed by atoms with Gasteiger partial charge in [0.25, 0.3) is 0 Å². The minimum absolute atomic E-state index is 0.158. The molecule has 0 aliphatic carbocycles. The molecule has 2 rings (SSSR count). The molecule has 3 unspecified atom stereocenters. The van der Waals surface area contributed by atoms with E-state index in [1.165, 1.54) is 4.88 Å². The van der Waals surface area contributed by atoms with Crippen LogP contribution in [0.5, 0.6) is 0 Å². The van der Waals surface area contributed by atoms with Gasteiger partial charge in [0.1, 0.15) is 5.01 Å². The van der Waals surface area contributed by atoms with Crippen molar-refractivity contribution in [2.75, 3.05) is 5.75 Å². The molecular weight excluding hydrogens is 282 g/mol. The first kappa shape index (κ1) is 14.4. The van der Waals surface area contributed by atoms with Gasteiger partial charge in [-0.25, -0.2) is 4.98 Å². The summed E-state index contributed by atoms with van der Waals surface area (Å²) < 4.78 is 0. The molecule has 100 valence electrons. The molecule has 3 atom stereocenters. The van der Waals surface area contributed by atoms with E-state index in [9.17, 15) is 4.79 Å². The van der Waals surface area contributed by atoms with Crippen LogP contribution in [0.15, 0.2) is 0 Å². The van der Waals surface area contributed by atoms with Crippen molar-refractivity contribution >= 4 is 40.6 Å². The van der Waals surface area contributed by atoms with Crippen LogP contribution in [0.3, 0.4) is 0 Å². The van der Waals surface area contributed by atoms with Crippen molar-refractivity contribution in [1.29, 1.82) is 0 Å². The summed E-state index contributed by atoms with van der Waals surface area (Å²) in [4.78, 5) is 18.0. The van der Waals surface area contributed by atoms with Crippen molar-refractivity contribution in [2.24, 2.45) is 0 Å². The first-order valence-electron chi connectivity index (χ1n) is 6.20. The van der Waals surface area contributed by atoms with E-state index < -0.39 is 0 Å². The Hall–Kier alpha value is -0.0000000000000000833. The molecule has 2 nitrogen and oxygen atoms in total. The molecule has 0 spiro atoms. The third kappa shape index (κ3) is 3.31. The van der Waals surface area contributed by atoms with Gasteiger partial charge in [0.2, 0.25) is 0 Å². The van der Waals surface area contributed by atoms with E-state index in [1.54, 1.807) is 11.3 Å². The van der Waals surface area contributed by atoms with Crippen LogP contribution in [0.2, 0.25) is 0 Å². The average Bonchev–Trinajstić information content (AvgIpc) is 2.61. The Kier molecular flexibility index (Phi) is 4.78. The molecule has 1 saturated heterocycles. The molecule has 0 saturated carbocycles. The predicted octanol–water partition coefficient (Wildman–Crippen LogP) is 3.50. The van der Waals surface area contributed by atoms with Crippen LogP contribution in [0, 0.1) is 13.8 Å². The van der Waals surface area contributed by atoms with Crippen LogP contribution in [0.25, 0.3) is 0 Å². The summed E-state index contributed by atoms with van der Waals surface area (Å²) in [6, 6.07) is 0. The lowest BCUT2D eigenvalue weighted by atomic mass is 10.2. The van der Waals surface area contributed by atoms with Crippen LogP contribution in [0.4, 0.5) is 0 Å². The van der Waals surface area contributed by atoms with Crippen molar-refractivity contribution in [3.05, 3.63) is 15.6 Å². The number of carbonyl (C=O) groups is 1. The number of hydrogen-bond donors (Lipinski definition) is 0. The zero-order valence-corrected chi connectivity index (χ0v) is 13.7. The Balaban J connectivity index is 1.96. The summed E-state index contributed by atoms with van der Waals surface area (Å²) in [6.07, 6.45) is 0.513. The first-order chi connectivity index (χ1) is 8.47. The van der Waals surface area contributed by atoms with Crippen molar-refractivity contribution in [3.8, 4) is 0 Å². The van der Waals surface area contributed by atoms with E-state index in [-0.39, 0.29) is 5.25 Å². The van der Waals surface area contributed by atoms with Gasteiger partial charge in [-0.15, -0.1) is 23.1 Å². The molecule has 1 aliphatic heterocycles. The zero-order valence-electron chi connectivity index (χ0n) is 11.2. The molecule has 0 amide bonds. The normalized spacial score (nSPS) is 28.3. The average molecular weight is 302 g/mol. The highest BCUT2D eigenvalue weighted by Crippen LogP contribution is 2.36. The molecule has 0 radical (unpaired) electrons. The Labute approximate surface area is 121 Å². The predicted molar refractivity (Wildman–Crippen MR) is 83.1 cm³/mol. The van der Waals surface area contributed by atoms with Crippen molar-refractivity contribution in [1.82, 2.24) is 4.98 Å². The smallest absolute Gasteiger partial charge is 0.153 e. The summed E-state index contributed by atoms with van der Waals surface area (Å²) in [5, 5.41) is 2.36. The van der Waals surface area contributed by atoms with Crippen molar-refractivity contribution in [3.63, 3.8) is 0 Å². The minimum atomic E-state index is 0.158. The van der Waals surface area contributed by atoms with Crippen LogP contribution in [-0.4, -0.2) is 32.3 Å². The zero-order chi connectivity index (χ0) is 13.3. The summed E-state index contributed by atoms with van der Waals surface area (Å²) >= 11 is 5.42. The molecular formula is C13H19NOS3. The van der Waals surface area contributed by atoms with Crippen molar-refractivity contribution < 1.29 is 4.79 Å². The quantitative estimate of drug-likeness (QED) is 0.855. The number of nitrogens with zero attached hydrogens (tertiary/aromatic N) is 1. The Morgan fingerprint density at radius 1 is 1.33 bits per heavy atom. The van der Waals surface area contributed by atoms with E-state index in [1.807, 2.05) is 30.4 Å². The summed E-state index contributed by atoms with van der Waals surface area (Å²) in [6.45, 7) is 8.54. The maximum Gasteiger partial charge on any atom is 0.153 e. The molecule has 1 fully saturated rings. The number of ketones is 1. The largest absolute Gasteiger partial charge is 0.298 e. The van der Waals surface area contributed by atoms with E-state index in [0.717, 1.165) is 16.5 Å². The topological polar surface area (TPSA) is 30.0 Å². The molecule has 0 aromatic carbocycles. The molecule has 2 heterocycles. The highest BCUT2D eigenvalue weighted by Gasteiger charge is 2.30. The fourth-order valence-electron chi connectivity index (χ4n) is 1.83. The van der Waals surface area contributed by atoms with Crippen LogP contribution in [-0.2, 0) is 11.2 Å². The summed E-state index contributed by atoms with van der Waals surface area (Å²) in [5.74, 6) is 1.30. The first-order valence-corrected chi connectivity index (χ1v) is 9.01. The molecule has 0 N–H and O–H groups in total. The van der Waals surface area contributed by atoms with Gasteiger partial charge in [0.15, 0.2) is 5.78 Å². The van der Waals surface area contributed by atoms with E-state index in [4.69, 9.17) is 0 Å². The number of thiazole rings is 1. The van der Waals surface area contributed by atoms with Gasteiger partial charge in [-0.1, -0.05) is 13.8 Å². The third-order valence-corrected chi connectivity index (χ3v) is 7.82. The van der Waals surface area contributed by atoms with Gasteiger partial charge in [0, 0.05) is 21.1 Å². The number of aromatic nitrogens is 1. The van der Waals surface area contributed by atoms with E-state index in [0.29, 0.717) is 22.7 Å². The standard InChI is InChI=1S/C13H19NOS3/c1-7-8(2)18-13(14-7)5-11(15)12-6-16-9(3)10(4)17-12/h9-10,12H,5-6H2,1-4H3. The van der Waals surface area contributed by atoms with Gasteiger partial charge in [-0.3, -0.25) is 4.79 Å². The van der Waals surface area contributed by atoms with E-state index in [2.05, 4.69) is 25.8 Å². The lowest BCUT2D eigenvalue weighted by Crippen LogP contribution is -2.32. The second kappa shape index (κ2) is 5.97.